The molecule has 0 saturated heterocycles. The maximum Gasteiger partial charge on any atom is 0.235 e. The van der Waals surface area contributed by atoms with Crippen LogP contribution in [-0.2, 0) is 0 Å². The molecule has 0 unspecified atom stereocenters. The third-order valence-corrected chi connectivity index (χ3v) is 9.50. The smallest absolute Gasteiger partial charge is 0.235 e. The Morgan fingerprint density at radius 3 is 2.00 bits per heavy atom. The number of benzene rings is 7. The van der Waals surface area contributed by atoms with Crippen LogP contribution in [0.3, 0.4) is 0 Å². The molecule has 0 fully saturated rings. The number of hydrogen-bond donors (Lipinski definition) is 0. The van der Waals surface area contributed by atoms with E-state index < -0.39 is 0 Å². The van der Waals surface area contributed by atoms with Crippen LogP contribution in [0.1, 0.15) is 0 Å². The summed E-state index contributed by atoms with van der Waals surface area (Å²) in [7, 11) is 0. The highest BCUT2D eigenvalue weighted by Gasteiger charge is 2.19. The molecule has 224 valence electrons. The van der Waals surface area contributed by atoms with E-state index in [-0.39, 0.29) is 0 Å². The molecule has 0 radical (unpaired) electrons. The highest BCUT2D eigenvalue weighted by atomic mass is 16.3. The molecule has 0 amide bonds. The van der Waals surface area contributed by atoms with Crippen LogP contribution in [0.2, 0.25) is 0 Å². The number of para-hydroxylation sites is 1. The average molecular weight is 614 g/mol. The van der Waals surface area contributed by atoms with Crippen molar-refractivity contribution in [3.8, 4) is 39.5 Å². The predicted octanol–water partition coefficient (Wildman–Crippen LogP) is 11.6. The summed E-state index contributed by atoms with van der Waals surface area (Å²) in [5, 5.41) is 6.71. The average Bonchev–Trinajstić information content (AvgIpc) is 3.77. The van der Waals surface area contributed by atoms with Crippen LogP contribution in [0.25, 0.3) is 93.9 Å². The van der Waals surface area contributed by atoms with E-state index >= 15 is 0 Å². The van der Waals surface area contributed by atoms with Gasteiger partial charge in [0.05, 0.1) is 28.5 Å². The van der Waals surface area contributed by atoms with Gasteiger partial charge < -0.3 is 4.42 Å². The zero-order valence-electron chi connectivity index (χ0n) is 25.8. The molecule has 0 spiro atoms. The highest BCUT2D eigenvalue weighted by molar-refractivity contribution is 6.12. The molecule has 7 aromatic carbocycles. The minimum absolute atomic E-state index is 0.653. The first-order valence-corrected chi connectivity index (χ1v) is 16.2. The van der Waals surface area contributed by atoms with Crippen molar-refractivity contribution in [3.05, 3.63) is 164 Å². The SMILES string of the molecule is c1ccc(-c2ccc(-c3nc(-n4c5ccccc5c5cc(-c6ccc7occc7c6)ccc54)nc4c3ccc3ccccc34)cc2)cc1. The monoisotopic (exact) mass is 613 g/mol. The molecular weight excluding hydrogens is 587 g/mol. The van der Waals surface area contributed by atoms with E-state index in [0.717, 1.165) is 76.8 Å². The van der Waals surface area contributed by atoms with Crippen molar-refractivity contribution in [2.24, 2.45) is 0 Å². The summed E-state index contributed by atoms with van der Waals surface area (Å²) in [5.41, 5.74) is 10.6. The minimum Gasteiger partial charge on any atom is -0.464 e. The normalized spacial score (nSPS) is 11.8. The van der Waals surface area contributed by atoms with Crippen molar-refractivity contribution < 1.29 is 4.42 Å². The van der Waals surface area contributed by atoms with Gasteiger partial charge in [0.25, 0.3) is 0 Å². The van der Waals surface area contributed by atoms with Gasteiger partial charge in [-0.2, -0.15) is 0 Å². The number of fused-ring (bicyclic) bond motifs is 7. The fourth-order valence-electron chi connectivity index (χ4n) is 7.14. The van der Waals surface area contributed by atoms with Crippen molar-refractivity contribution >= 4 is 54.5 Å². The molecule has 0 aliphatic heterocycles. The van der Waals surface area contributed by atoms with E-state index in [0.29, 0.717) is 5.95 Å². The number of furan rings is 1. The molecule has 0 bridgehead atoms. The molecule has 0 atom stereocenters. The van der Waals surface area contributed by atoms with Gasteiger partial charge in [-0.3, -0.25) is 4.57 Å². The van der Waals surface area contributed by atoms with Crippen LogP contribution >= 0.6 is 0 Å². The Morgan fingerprint density at radius 1 is 0.417 bits per heavy atom. The molecule has 0 aliphatic rings. The van der Waals surface area contributed by atoms with E-state index in [2.05, 4.69) is 144 Å². The molecule has 48 heavy (non-hydrogen) atoms. The Labute approximate surface area is 276 Å². The Morgan fingerprint density at radius 2 is 1.10 bits per heavy atom. The Hall–Kier alpha value is -6.52. The number of aromatic nitrogens is 3. The summed E-state index contributed by atoms with van der Waals surface area (Å²) in [6.07, 6.45) is 1.74. The minimum atomic E-state index is 0.653. The Bertz CT molecular complexity index is 2830. The van der Waals surface area contributed by atoms with E-state index in [1.807, 2.05) is 18.2 Å². The lowest BCUT2D eigenvalue weighted by Gasteiger charge is -2.14. The third-order valence-electron chi connectivity index (χ3n) is 9.50. The maximum absolute atomic E-state index is 5.60. The molecule has 0 saturated carbocycles. The second-order valence-corrected chi connectivity index (χ2v) is 12.3. The van der Waals surface area contributed by atoms with Crippen molar-refractivity contribution in [2.45, 2.75) is 0 Å². The number of hydrogen-bond acceptors (Lipinski definition) is 3. The zero-order valence-corrected chi connectivity index (χ0v) is 25.8. The van der Waals surface area contributed by atoms with Gasteiger partial charge in [0, 0.05) is 32.5 Å². The third kappa shape index (κ3) is 4.16. The van der Waals surface area contributed by atoms with Crippen LogP contribution in [0.15, 0.2) is 168 Å². The highest BCUT2D eigenvalue weighted by Crippen LogP contribution is 2.38. The summed E-state index contributed by atoms with van der Waals surface area (Å²) in [6.45, 7) is 0. The lowest BCUT2D eigenvalue weighted by atomic mass is 9.99. The van der Waals surface area contributed by atoms with E-state index in [1.165, 1.54) is 11.1 Å². The standard InChI is InChI=1S/C44H27N3O/c1-2-8-28(9-3-1)29-14-16-31(17-15-29)42-37-21-18-30-10-4-5-11-35(30)43(37)46-44(45-42)47-39-13-7-6-12-36(39)38-27-33(19-22-40(38)47)32-20-23-41-34(26-32)24-25-48-41/h1-27H. The van der Waals surface area contributed by atoms with Crippen molar-refractivity contribution in [1.29, 1.82) is 0 Å². The second kappa shape index (κ2) is 10.5. The zero-order chi connectivity index (χ0) is 31.6. The lowest BCUT2D eigenvalue weighted by Crippen LogP contribution is -2.03. The second-order valence-electron chi connectivity index (χ2n) is 12.3. The summed E-state index contributed by atoms with van der Waals surface area (Å²) >= 11 is 0. The van der Waals surface area contributed by atoms with E-state index in [4.69, 9.17) is 14.4 Å². The largest absolute Gasteiger partial charge is 0.464 e. The fourth-order valence-corrected chi connectivity index (χ4v) is 7.14. The first kappa shape index (κ1) is 26.7. The first-order chi connectivity index (χ1) is 23.8. The van der Waals surface area contributed by atoms with Crippen LogP contribution < -0.4 is 0 Å². The molecule has 10 rings (SSSR count). The Balaban J connectivity index is 1.22. The van der Waals surface area contributed by atoms with E-state index in [1.54, 1.807) is 6.26 Å². The molecule has 4 heteroatoms. The molecule has 0 N–H and O–H groups in total. The van der Waals surface area contributed by atoms with Gasteiger partial charge in [-0.25, -0.2) is 9.97 Å². The van der Waals surface area contributed by atoms with Gasteiger partial charge in [-0.05, 0) is 70.1 Å². The predicted molar refractivity (Wildman–Crippen MR) is 197 cm³/mol. The van der Waals surface area contributed by atoms with E-state index in [9.17, 15) is 0 Å². The van der Waals surface area contributed by atoms with Crippen LogP contribution in [0, 0.1) is 0 Å². The van der Waals surface area contributed by atoms with Gasteiger partial charge in [-0.15, -0.1) is 0 Å². The summed E-state index contributed by atoms with van der Waals surface area (Å²) in [4.78, 5) is 10.7. The quantitative estimate of drug-likeness (QED) is 0.186. The summed E-state index contributed by atoms with van der Waals surface area (Å²) < 4.78 is 7.82. The van der Waals surface area contributed by atoms with Crippen LogP contribution in [0.5, 0.6) is 0 Å². The lowest BCUT2D eigenvalue weighted by molar-refractivity contribution is 0.616. The summed E-state index contributed by atoms with van der Waals surface area (Å²) in [5.74, 6) is 0.653. The van der Waals surface area contributed by atoms with Gasteiger partial charge >= 0.3 is 0 Å². The molecule has 3 heterocycles. The van der Waals surface area contributed by atoms with Gasteiger partial charge in [-0.1, -0.05) is 115 Å². The van der Waals surface area contributed by atoms with Gasteiger partial charge in [0.1, 0.15) is 5.58 Å². The fraction of sp³-hybridized carbons (Fsp3) is 0. The van der Waals surface area contributed by atoms with Crippen molar-refractivity contribution in [1.82, 2.24) is 14.5 Å². The molecule has 10 aromatic rings. The van der Waals surface area contributed by atoms with Gasteiger partial charge in [0.2, 0.25) is 5.95 Å². The van der Waals surface area contributed by atoms with Crippen LogP contribution in [-0.4, -0.2) is 14.5 Å². The van der Waals surface area contributed by atoms with Crippen LogP contribution in [0.4, 0.5) is 0 Å². The van der Waals surface area contributed by atoms with Crippen molar-refractivity contribution in [2.75, 3.05) is 0 Å². The molecule has 0 aliphatic carbocycles. The molecular formula is C44H27N3O. The van der Waals surface area contributed by atoms with Crippen molar-refractivity contribution in [3.63, 3.8) is 0 Å². The Kier molecular flexibility index (Phi) is 5.84. The number of nitrogens with zero attached hydrogens (tertiary/aromatic N) is 3. The maximum atomic E-state index is 5.60. The first-order valence-electron chi connectivity index (χ1n) is 16.2. The topological polar surface area (TPSA) is 43.9 Å². The molecule has 3 aromatic heterocycles. The van der Waals surface area contributed by atoms with Gasteiger partial charge in [0.15, 0.2) is 0 Å². The number of rotatable bonds is 4. The molecule has 4 nitrogen and oxygen atoms in total. The summed E-state index contributed by atoms with van der Waals surface area (Å²) in [6, 6.07) is 55.6.